The summed E-state index contributed by atoms with van der Waals surface area (Å²) in [6.45, 7) is 4.14. The zero-order chi connectivity index (χ0) is 20.8. The van der Waals surface area contributed by atoms with E-state index in [2.05, 4.69) is 10.3 Å². The van der Waals surface area contributed by atoms with Crippen LogP contribution in [0, 0.1) is 0 Å². The second-order valence-corrected chi connectivity index (χ2v) is 10.8. The van der Waals surface area contributed by atoms with Crippen molar-refractivity contribution in [3.63, 3.8) is 0 Å². The van der Waals surface area contributed by atoms with Crippen molar-refractivity contribution in [3.05, 3.63) is 39.4 Å². The van der Waals surface area contributed by atoms with E-state index in [9.17, 15) is 13.2 Å². The van der Waals surface area contributed by atoms with E-state index in [1.165, 1.54) is 38.7 Å². The third-order valence-electron chi connectivity index (χ3n) is 5.01. The highest BCUT2D eigenvalue weighted by Gasteiger charge is 2.34. The maximum absolute atomic E-state index is 13.2. The van der Waals surface area contributed by atoms with E-state index in [1.807, 2.05) is 13.8 Å². The number of thiazole rings is 1. The Morgan fingerprint density at radius 2 is 2.00 bits per heavy atom. The number of hydrogen-bond donors (Lipinski definition) is 1. The Labute approximate surface area is 179 Å². The van der Waals surface area contributed by atoms with Gasteiger partial charge in [0.2, 0.25) is 10.0 Å². The van der Waals surface area contributed by atoms with Crippen molar-refractivity contribution < 1.29 is 17.9 Å². The van der Waals surface area contributed by atoms with Crippen molar-refractivity contribution in [2.24, 2.45) is 0 Å². The lowest BCUT2D eigenvalue weighted by molar-refractivity contribution is -0.0440. The Balaban J connectivity index is 1.58. The molecule has 0 radical (unpaired) electrons. The summed E-state index contributed by atoms with van der Waals surface area (Å²) in [6.07, 6.45) is 2.58. The van der Waals surface area contributed by atoms with Crippen LogP contribution in [0.1, 0.15) is 41.2 Å². The Hall–Kier alpha value is -1.52. The van der Waals surface area contributed by atoms with Crippen molar-refractivity contribution in [2.45, 2.75) is 50.2 Å². The number of morpholine rings is 1. The van der Waals surface area contributed by atoms with Crippen molar-refractivity contribution >= 4 is 44.0 Å². The minimum absolute atomic E-state index is 0.0743. The van der Waals surface area contributed by atoms with Crippen molar-refractivity contribution in [2.75, 3.05) is 18.4 Å². The molecule has 1 aliphatic heterocycles. The predicted octanol–water partition coefficient (Wildman–Crippen LogP) is 3.34. The number of benzene rings is 1. The molecule has 1 aliphatic carbocycles. The van der Waals surface area contributed by atoms with E-state index in [-0.39, 0.29) is 40.8 Å². The molecule has 29 heavy (non-hydrogen) atoms. The van der Waals surface area contributed by atoms with Crippen LogP contribution in [0.3, 0.4) is 0 Å². The van der Waals surface area contributed by atoms with Crippen LogP contribution in [-0.2, 0) is 27.6 Å². The molecule has 2 heterocycles. The molecule has 0 bridgehead atoms. The molecular formula is C19H22ClN3O4S2. The summed E-state index contributed by atoms with van der Waals surface area (Å²) in [4.78, 5) is 18.3. The second kappa shape index (κ2) is 7.96. The first kappa shape index (κ1) is 20.7. The summed E-state index contributed by atoms with van der Waals surface area (Å²) >= 11 is 7.68. The molecule has 2 atom stereocenters. The number of carbonyl (C=O) groups is 1. The predicted molar refractivity (Wildman–Crippen MR) is 112 cm³/mol. The fourth-order valence-corrected chi connectivity index (χ4v) is 6.86. The SMILES string of the molecule is CC1CN(S(=O)(=O)c2cc(C(=O)Nc3nc4c(s3)CCC4)ccc2Cl)CC(C)O1. The van der Waals surface area contributed by atoms with Crippen LogP contribution in [0.5, 0.6) is 0 Å². The zero-order valence-electron chi connectivity index (χ0n) is 16.1. The number of anilines is 1. The first-order valence-corrected chi connectivity index (χ1v) is 12.1. The molecule has 0 spiro atoms. The average Bonchev–Trinajstić information content (AvgIpc) is 3.22. The van der Waals surface area contributed by atoms with Crippen molar-refractivity contribution in [1.82, 2.24) is 9.29 Å². The second-order valence-electron chi connectivity index (χ2n) is 7.42. The highest BCUT2D eigenvalue weighted by molar-refractivity contribution is 7.89. The highest BCUT2D eigenvalue weighted by Crippen LogP contribution is 2.31. The quantitative estimate of drug-likeness (QED) is 0.763. The molecule has 1 saturated heterocycles. The van der Waals surface area contributed by atoms with Gasteiger partial charge in [0.15, 0.2) is 5.13 Å². The third kappa shape index (κ3) is 4.20. The molecule has 1 aromatic heterocycles. The van der Waals surface area contributed by atoms with Gasteiger partial charge in [0.25, 0.3) is 5.91 Å². The highest BCUT2D eigenvalue weighted by atomic mass is 35.5. The van der Waals surface area contributed by atoms with Gasteiger partial charge in [-0.2, -0.15) is 4.31 Å². The van der Waals surface area contributed by atoms with Gasteiger partial charge >= 0.3 is 0 Å². The number of sulfonamides is 1. The Kier molecular flexibility index (Phi) is 5.69. The van der Waals surface area contributed by atoms with Gasteiger partial charge in [-0.25, -0.2) is 13.4 Å². The molecule has 1 aromatic carbocycles. The Bertz CT molecular complexity index is 1020. The van der Waals surface area contributed by atoms with Gasteiger partial charge in [-0.1, -0.05) is 11.6 Å². The van der Waals surface area contributed by atoms with Crippen LogP contribution in [0.2, 0.25) is 5.02 Å². The lowest BCUT2D eigenvalue weighted by Crippen LogP contribution is -2.48. The number of ether oxygens (including phenoxy) is 1. The lowest BCUT2D eigenvalue weighted by atomic mass is 10.2. The number of nitrogens with zero attached hydrogens (tertiary/aromatic N) is 2. The maximum Gasteiger partial charge on any atom is 0.257 e. The number of rotatable bonds is 4. The Morgan fingerprint density at radius 1 is 1.28 bits per heavy atom. The summed E-state index contributed by atoms with van der Waals surface area (Å²) in [6, 6.07) is 4.29. The lowest BCUT2D eigenvalue weighted by Gasteiger charge is -2.34. The van der Waals surface area contributed by atoms with E-state index < -0.39 is 15.9 Å². The van der Waals surface area contributed by atoms with Crippen LogP contribution < -0.4 is 5.32 Å². The van der Waals surface area contributed by atoms with E-state index in [4.69, 9.17) is 16.3 Å². The number of aryl methyl sites for hydroxylation is 2. The molecule has 1 amide bonds. The van der Waals surface area contributed by atoms with E-state index in [1.54, 1.807) is 0 Å². The number of nitrogens with one attached hydrogen (secondary N) is 1. The number of carbonyl (C=O) groups excluding carboxylic acids is 1. The minimum Gasteiger partial charge on any atom is -0.373 e. The van der Waals surface area contributed by atoms with E-state index >= 15 is 0 Å². The van der Waals surface area contributed by atoms with Crippen LogP contribution in [0.15, 0.2) is 23.1 Å². The van der Waals surface area contributed by atoms with Crippen molar-refractivity contribution in [3.8, 4) is 0 Å². The van der Waals surface area contributed by atoms with Gasteiger partial charge in [-0.05, 0) is 51.3 Å². The number of fused-ring (bicyclic) bond motifs is 1. The topological polar surface area (TPSA) is 88.6 Å². The summed E-state index contributed by atoms with van der Waals surface area (Å²) in [5.41, 5.74) is 1.26. The molecule has 0 saturated carbocycles. The molecule has 2 aromatic rings. The third-order valence-corrected chi connectivity index (χ3v) is 8.40. The summed E-state index contributed by atoms with van der Waals surface area (Å²) in [5, 5.41) is 3.40. The van der Waals surface area contributed by atoms with Gasteiger partial charge in [-0.15, -0.1) is 11.3 Å². The molecule has 156 valence electrons. The van der Waals surface area contributed by atoms with Crippen LogP contribution in [0.25, 0.3) is 0 Å². The average molecular weight is 456 g/mol. The fraction of sp³-hybridized carbons (Fsp3) is 0.474. The van der Waals surface area contributed by atoms with E-state index in [0.29, 0.717) is 5.13 Å². The first-order valence-electron chi connectivity index (χ1n) is 9.49. The van der Waals surface area contributed by atoms with Crippen LogP contribution in [0.4, 0.5) is 5.13 Å². The standard InChI is InChI=1S/C19H22ClN3O4S2/c1-11-9-23(10-12(2)27-11)29(25,26)17-8-13(6-7-14(17)20)18(24)22-19-21-15-4-3-5-16(15)28-19/h6-8,11-12H,3-5,9-10H2,1-2H3,(H,21,22,24). The molecule has 2 aliphatic rings. The zero-order valence-corrected chi connectivity index (χ0v) is 18.5. The first-order chi connectivity index (χ1) is 13.7. The minimum atomic E-state index is -3.86. The van der Waals surface area contributed by atoms with E-state index in [0.717, 1.165) is 25.0 Å². The van der Waals surface area contributed by atoms with Gasteiger partial charge < -0.3 is 4.74 Å². The number of amides is 1. The number of halogens is 1. The molecule has 4 rings (SSSR count). The molecule has 1 N–H and O–H groups in total. The molecule has 2 unspecified atom stereocenters. The van der Waals surface area contributed by atoms with Crippen molar-refractivity contribution in [1.29, 1.82) is 0 Å². The monoisotopic (exact) mass is 455 g/mol. The summed E-state index contributed by atoms with van der Waals surface area (Å²) < 4.78 is 33.3. The molecule has 1 fully saturated rings. The Morgan fingerprint density at radius 3 is 2.69 bits per heavy atom. The maximum atomic E-state index is 13.2. The van der Waals surface area contributed by atoms with Crippen LogP contribution >= 0.6 is 22.9 Å². The van der Waals surface area contributed by atoms with Gasteiger partial charge in [-0.3, -0.25) is 10.1 Å². The summed E-state index contributed by atoms with van der Waals surface area (Å²) in [5.74, 6) is -0.408. The van der Waals surface area contributed by atoms with Gasteiger partial charge in [0.1, 0.15) is 4.90 Å². The largest absolute Gasteiger partial charge is 0.373 e. The smallest absolute Gasteiger partial charge is 0.257 e. The molecular weight excluding hydrogens is 434 g/mol. The summed E-state index contributed by atoms with van der Waals surface area (Å²) in [7, 11) is -3.86. The van der Waals surface area contributed by atoms with Gasteiger partial charge in [0.05, 0.1) is 22.9 Å². The normalized spacial score (nSPS) is 22.4. The number of aromatic nitrogens is 1. The molecule has 7 nitrogen and oxygen atoms in total. The van der Waals surface area contributed by atoms with Gasteiger partial charge in [0, 0.05) is 23.5 Å². The molecule has 10 heteroatoms. The fourth-order valence-electron chi connectivity index (χ4n) is 3.72. The van der Waals surface area contributed by atoms with Crippen LogP contribution in [-0.4, -0.2) is 48.9 Å². The number of hydrogen-bond acceptors (Lipinski definition) is 6.